The molecule has 2 rings (SSSR count). The standard InChI is InChI=1S/C8H13NO2/c10-8-6-11-4-3-9(8)5-7-1-2-7/h7H,1-6H2. The summed E-state index contributed by atoms with van der Waals surface area (Å²) in [4.78, 5) is 13.1. The number of nitrogens with zero attached hydrogens (tertiary/aromatic N) is 1. The Bertz CT molecular complexity index is 165. The number of carbonyl (C=O) groups excluding carboxylic acids is 1. The molecular weight excluding hydrogens is 142 g/mol. The van der Waals surface area contributed by atoms with Crippen LogP contribution in [0.2, 0.25) is 0 Å². The molecule has 2 fully saturated rings. The van der Waals surface area contributed by atoms with Crippen molar-refractivity contribution in [1.29, 1.82) is 0 Å². The average molecular weight is 155 g/mol. The van der Waals surface area contributed by atoms with Gasteiger partial charge in [0.05, 0.1) is 6.61 Å². The van der Waals surface area contributed by atoms with Crippen molar-refractivity contribution in [2.45, 2.75) is 12.8 Å². The van der Waals surface area contributed by atoms with Gasteiger partial charge < -0.3 is 9.64 Å². The van der Waals surface area contributed by atoms with E-state index in [0.717, 1.165) is 25.6 Å². The molecule has 62 valence electrons. The molecule has 2 aliphatic rings. The van der Waals surface area contributed by atoms with Gasteiger partial charge in [-0.15, -0.1) is 0 Å². The zero-order valence-electron chi connectivity index (χ0n) is 6.58. The van der Waals surface area contributed by atoms with Crippen molar-refractivity contribution in [3.05, 3.63) is 0 Å². The van der Waals surface area contributed by atoms with E-state index >= 15 is 0 Å². The van der Waals surface area contributed by atoms with E-state index in [1.54, 1.807) is 0 Å². The van der Waals surface area contributed by atoms with Gasteiger partial charge in [-0.25, -0.2) is 0 Å². The van der Waals surface area contributed by atoms with Crippen molar-refractivity contribution in [3.8, 4) is 0 Å². The first-order valence-corrected chi connectivity index (χ1v) is 4.22. The Balaban J connectivity index is 1.83. The fourth-order valence-corrected chi connectivity index (χ4v) is 1.36. The fourth-order valence-electron chi connectivity index (χ4n) is 1.36. The maximum Gasteiger partial charge on any atom is 0.248 e. The van der Waals surface area contributed by atoms with Gasteiger partial charge in [0.1, 0.15) is 6.61 Å². The predicted octanol–water partition coefficient (Wildman–Crippen LogP) is 0.255. The molecule has 0 unspecified atom stereocenters. The van der Waals surface area contributed by atoms with Crippen LogP contribution in [0.1, 0.15) is 12.8 Å². The first kappa shape index (κ1) is 7.10. The summed E-state index contributed by atoms with van der Waals surface area (Å²) in [5.74, 6) is 0.972. The summed E-state index contributed by atoms with van der Waals surface area (Å²) in [7, 11) is 0. The molecule has 11 heavy (non-hydrogen) atoms. The third-order valence-corrected chi connectivity index (χ3v) is 2.26. The second kappa shape index (κ2) is 2.81. The molecule has 0 spiro atoms. The van der Waals surface area contributed by atoms with Crippen molar-refractivity contribution < 1.29 is 9.53 Å². The van der Waals surface area contributed by atoms with E-state index in [2.05, 4.69) is 0 Å². The smallest absolute Gasteiger partial charge is 0.248 e. The van der Waals surface area contributed by atoms with Crippen molar-refractivity contribution in [3.63, 3.8) is 0 Å². The summed E-state index contributed by atoms with van der Waals surface area (Å²) in [6, 6.07) is 0. The van der Waals surface area contributed by atoms with Crippen LogP contribution < -0.4 is 0 Å². The molecule has 0 bridgehead atoms. The lowest BCUT2D eigenvalue weighted by Gasteiger charge is -2.26. The fraction of sp³-hybridized carbons (Fsp3) is 0.875. The molecule has 1 saturated carbocycles. The molecule has 3 heteroatoms. The minimum Gasteiger partial charge on any atom is -0.370 e. The highest BCUT2D eigenvalue weighted by molar-refractivity contribution is 5.78. The molecular formula is C8H13NO2. The molecule has 1 aliphatic carbocycles. The number of ether oxygens (including phenoxy) is 1. The Hall–Kier alpha value is -0.570. The molecule has 1 saturated heterocycles. The first-order valence-electron chi connectivity index (χ1n) is 4.22. The van der Waals surface area contributed by atoms with E-state index in [9.17, 15) is 4.79 Å². The number of rotatable bonds is 2. The van der Waals surface area contributed by atoms with Gasteiger partial charge in [0.2, 0.25) is 5.91 Å². The zero-order chi connectivity index (χ0) is 7.68. The van der Waals surface area contributed by atoms with E-state index < -0.39 is 0 Å². The van der Waals surface area contributed by atoms with Gasteiger partial charge in [0.25, 0.3) is 0 Å². The number of amides is 1. The lowest BCUT2D eigenvalue weighted by Crippen LogP contribution is -2.42. The normalized spacial score (nSPS) is 25.8. The predicted molar refractivity (Wildman–Crippen MR) is 40.1 cm³/mol. The van der Waals surface area contributed by atoms with Gasteiger partial charge in [-0.05, 0) is 18.8 Å². The van der Waals surface area contributed by atoms with Gasteiger partial charge in [-0.2, -0.15) is 0 Å². The minimum absolute atomic E-state index is 0.170. The summed E-state index contributed by atoms with van der Waals surface area (Å²) in [6.07, 6.45) is 2.62. The van der Waals surface area contributed by atoms with E-state index in [4.69, 9.17) is 4.74 Å². The lowest BCUT2D eigenvalue weighted by atomic mass is 10.3. The van der Waals surface area contributed by atoms with Crippen molar-refractivity contribution in [2.24, 2.45) is 5.92 Å². The number of morpholine rings is 1. The highest BCUT2D eigenvalue weighted by Gasteiger charge is 2.27. The highest BCUT2D eigenvalue weighted by atomic mass is 16.5. The molecule has 1 amide bonds. The van der Waals surface area contributed by atoms with Gasteiger partial charge in [-0.3, -0.25) is 4.79 Å². The average Bonchev–Trinajstić information content (AvgIpc) is 2.78. The number of hydrogen-bond acceptors (Lipinski definition) is 2. The Morgan fingerprint density at radius 3 is 3.00 bits per heavy atom. The topological polar surface area (TPSA) is 29.5 Å². The van der Waals surface area contributed by atoms with Gasteiger partial charge in [-0.1, -0.05) is 0 Å². The second-order valence-corrected chi connectivity index (χ2v) is 3.34. The quantitative estimate of drug-likeness (QED) is 0.572. The van der Waals surface area contributed by atoms with E-state index in [0.29, 0.717) is 6.61 Å². The first-order chi connectivity index (χ1) is 5.36. The summed E-state index contributed by atoms with van der Waals surface area (Å²) in [5.41, 5.74) is 0. The van der Waals surface area contributed by atoms with Crippen LogP contribution >= 0.6 is 0 Å². The summed E-state index contributed by atoms with van der Waals surface area (Å²) in [6.45, 7) is 2.79. The third kappa shape index (κ3) is 1.71. The Morgan fingerprint density at radius 1 is 1.55 bits per heavy atom. The molecule has 0 atom stereocenters. The molecule has 0 N–H and O–H groups in total. The summed E-state index contributed by atoms with van der Waals surface area (Å²) < 4.78 is 5.02. The minimum atomic E-state index is 0.170. The van der Waals surface area contributed by atoms with Gasteiger partial charge >= 0.3 is 0 Å². The van der Waals surface area contributed by atoms with Crippen LogP contribution in [-0.2, 0) is 9.53 Å². The van der Waals surface area contributed by atoms with Gasteiger partial charge in [0, 0.05) is 13.1 Å². The third-order valence-electron chi connectivity index (χ3n) is 2.26. The molecule has 0 aromatic heterocycles. The summed E-state index contributed by atoms with van der Waals surface area (Å²) >= 11 is 0. The highest BCUT2D eigenvalue weighted by Crippen LogP contribution is 2.29. The molecule has 0 radical (unpaired) electrons. The second-order valence-electron chi connectivity index (χ2n) is 3.34. The maximum atomic E-state index is 11.2. The number of carbonyl (C=O) groups is 1. The Kier molecular flexibility index (Phi) is 1.82. The van der Waals surface area contributed by atoms with E-state index in [-0.39, 0.29) is 5.91 Å². The van der Waals surface area contributed by atoms with Crippen LogP contribution in [0.25, 0.3) is 0 Å². The number of hydrogen-bond donors (Lipinski definition) is 0. The van der Waals surface area contributed by atoms with Crippen molar-refractivity contribution >= 4 is 5.91 Å². The van der Waals surface area contributed by atoms with E-state index in [1.807, 2.05) is 4.90 Å². The van der Waals surface area contributed by atoms with Crippen LogP contribution in [-0.4, -0.2) is 37.1 Å². The Labute approximate surface area is 66.3 Å². The Morgan fingerprint density at radius 2 is 2.36 bits per heavy atom. The zero-order valence-corrected chi connectivity index (χ0v) is 6.58. The van der Waals surface area contributed by atoms with Crippen LogP contribution in [0.5, 0.6) is 0 Å². The molecule has 3 nitrogen and oxygen atoms in total. The molecule has 1 heterocycles. The van der Waals surface area contributed by atoms with Crippen LogP contribution in [0.4, 0.5) is 0 Å². The van der Waals surface area contributed by atoms with E-state index in [1.165, 1.54) is 12.8 Å². The van der Waals surface area contributed by atoms with Crippen molar-refractivity contribution in [1.82, 2.24) is 4.90 Å². The van der Waals surface area contributed by atoms with Crippen molar-refractivity contribution in [2.75, 3.05) is 26.3 Å². The maximum absolute atomic E-state index is 11.2. The van der Waals surface area contributed by atoms with Crippen LogP contribution in [0.15, 0.2) is 0 Å². The molecule has 0 aromatic carbocycles. The monoisotopic (exact) mass is 155 g/mol. The molecule has 1 aliphatic heterocycles. The van der Waals surface area contributed by atoms with Gasteiger partial charge in [0.15, 0.2) is 0 Å². The van der Waals surface area contributed by atoms with Crippen LogP contribution in [0.3, 0.4) is 0 Å². The largest absolute Gasteiger partial charge is 0.370 e. The van der Waals surface area contributed by atoms with Crippen LogP contribution in [0, 0.1) is 5.92 Å². The molecule has 0 aromatic rings. The lowest BCUT2D eigenvalue weighted by molar-refractivity contribution is -0.142. The SMILES string of the molecule is O=C1COCCN1CC1CC1. The summed E-state index contributed by atoms with van der Waals surface area (Å²) in [5, 5.41) is 0.